The molecule has 3 rings (SSSR count). The number of hydrogen-bond acceptors (Lipinski definition) is 2. The van der Waals surface area contributed by atoms with Crippen LogP contribution in [0.5, 0.6) is 0 Å². The molecule has 1 fully saturated rings. The maximum Gasteiger partial charge on any atom is 0.0542 e. The Morgan fingerprint density at radius 1 is 1.24 bits per heavy atom. The molecule has 1 aromatic carbocycles. The summed E-state index contributed by atoms with van der Waals surface area (Å²) in [7, 11) is -0.827. The Bertz CT molecular complexity index is 440. The summed E-state index contributed by atoms with van der Waals surface area (Å²) in [5.41, 5.74) is 2.88. The van der Waals surface area contributed by atoms with E-state index in [1.54, 1.807) is 0 Å². The molecule has 1 atom stereocenters. The van der Waals surface area contributed by atoms with Crippen LogP contribution < -0.4 is 5.32 Å². The summed E-state index contributed by atoms with van der Waals surface area (Å²) in [6.07, 6.45) is 6.22. The van der Waals surface area contributed by atoms with E-state index in [9.17, 15) is 4.21 Å². The van der Waals surface area contributed by atoms with Gasteiger partial charge in [-0.2, -0.15) is 0 Å². The third-order valence-corrected chi connectivity index (χ3v) is 4.99. The molecule has 3 heteroatoms. The largest absolute Gasteiger partial charge is 0.313 e. The van der Waals surface area contributed by atoms with Crippen LogP contribution in [-0.2, 0) is 23.6 Å². The van der Waals surface area contributed by atoms with Gasteiger partial charge in [0.15, 0.2) is 0 Å². The van der Waals surface area contributed by atoms with Crippen LogP contribution in [0.4, 0.5) is 0 Å². The molecule has 0 radical (unpaired) electrons. The van der Waals surface area contributed by atoms with Crippen molar-refractivity contribution >= 4 is 10.8 Å². The van der Waals surface area contributed by atoms with Crippen LogP contribution in [0.3, 0.4) is 0 Å². The monoisotopic (exact) mass is 249 g/mol. The third-order valence-electron chi connectivity index (χ3n) is 3.63. The summed E-state index contributed by atoms with van der Waals surface area (Å²) < 4.78 is 12.1. The van der Waals surface area contributed by atoms with Crippen LogP contribution in [0, 0.1) is 0 Å². The van der Waals surface area contributed by atoms with Crippen molar-refractivity contribution < 1.29 is 4.21 Å². The van der Waals surface area contributed by atoms with Crippen LogP contribution in [-0.4, -0.2) is 22.5 Å². The lowest BCUT2D eigenvalue weighted by atomic mass is 10.1. The van der Waals surface area contributed by atoms with Gasteiger partial charge in [0.25, 0.3) is 0 Å². The average molecular weight is 249 g/mol. The molecule has 1 saturated carbocycles. The molecule has 2 nitrogen and oxygen atoms in total. The van der Waals surface area contributed by atoms with Gasteiger partial charge in [-0.15, -0.1) is 0 Å². The second-order valence-electron chi connectivity index (χ2n) is 5.06. The first-order chi connectivity index (χ1) is 8.33. The molecule has 1 unspecified atom stereocenters. The number of fused-ring (bicyclic) bond motifs is 1. The number of aryl methyl sites for hydroxylation is 2. The molecule has 17 heavy (non-hydrogen) atoms. The average Bonchev–Trinajstić information content (AvgIpc) is 3.04. The Kier molecular flexibility index (Phi) is 3.30. The predicted molar refractivity (Wildman–Crippen MR) is 70.8 cm³/mol. The predicted octanol–water partition coefficient (Wildman–Crippen LogP) is 2.03. The lowest BCUT2D eigenvalue weighted by Gasteiger charge is -2.06. The van der Waals surface area contributed by atoms with Gasteiger partial charge >= 0.3 is 0 Å². The fraction of sp³-hybridized carbons (Fsp3) is 0.571. The van der Waals surface area contributed by atoms with E-state index in [0.29, 0.717) is 6.04 Å². The van der Waals surface area contributed by atoms with Crippen molar-refractivity contribution in [2.45, 2.75) is 43.0 Å². The van der Waals surface area contributed by atoms with Gasteiger partial charge in [0.05, 0.1) is 10.8 Å². The fourth-order valence-electron chi connectivity index (χ4n) is 2.45. The molecule has 0 bridgehead atoms. The Morgan fingerprint density at radius 3 is 2.88 bits per heavy atom. The maximum absolute atomic E-state index is 12.1. The van der Waals surface area contributed by atoms with Gasteiger partial charge in [-0.1, -0.05) is 6.07 Å². The first kappa shape index (κ1) is 11.4. The van der Waals surface area contributed by atoms with Gasteiger partial charge in [0.1, 0.15) is 0 Å². The van der Waals surface area contributed by atoms with E-state index in [1.165, 1.54) is 43.2 Å². The number of nitrogens with one attached hydrogen (secondary N) is 1. The van der Waals surface area contributed by atoms with Crippen molar-refractivity contribution in [1.29, 1.82) is 0 Å². The van der Waals surface area contributed by atoms with E-state index in [2.05, 4.69) is 23.5 Å². The van der Waals surface area contributed by atoms with Crippen LogP contribution in [0.15, 0.2) is 23.1 Å². The summed E-state index contributed by atoms with van der Waals surface area (Å²) in [5, 5.41) is 3.42. The molecular weight excluding hydrogens is 230 g/mol. The van der Waals surface area contributed by atoms with Crippen LogP contribution in [0.2, 0.25) is 0 Å². The zero-order chi connectivity index (χ0) is 11.7. The maximum atomic E-state index is 12.1. The molecule has 1 N–H and O–H groups in total. The van der Waals surface area contributed by atoms with Crippen molar-refractivity contribution in [2.24, 2.45) is 0 Å². The number of benzene rings is 1. The van der Waals surface area contributed by atoms with Crippen LogP contribution in [0.25, 0.3) is 0 Å². The minimum absolute atomic E-state index is 0.715. The van der Waals surface area contributed by atoms with Crippen molar-refractivity contribution in [1.82, 2.24) is 5.32 Å². The van der Waals surface area contributed by atoms with E-state index < -0.39 is 10.8 Å². The van der Waals surface area contributed by atoms with Crippen molar-refractivity contribution in [3.63, 3.8) is 0 Å². The van der Waals surface area contributed by atoms with Gasteiger partial charge < -0.3 is 5.32 Å². The second-order valence-corrected chi connectivity index (χ2v) is 6.63. The molecule has 0 saturated heterocycles. The zero-order valence-corrected chi connectivity index (χ0v) is 10.9. The Balaban J connectivity index is 1.60. The molecule has 1 aromatic rings. The molecule has 92 valence electrons. The highest BCUT2D eigenvalue weighted by atomic mass is 32.2. The van der Waals surface area contributed by atoms with Gasteiger partial charge in [-0.3, -0.25) is 4.21 Å². The Morgan fingerprint density at radius 2 is 2.06 bits per heavy atom. The van der Waals surface area contributed by atoms with Crippen molar-refractivity contribution in [2.75, 3.05) is 12.3 Å². The minimum atomic E-state index is -0.827. The summed E-state index contributed by atoms with van der Waals surface area (Å²) in [4.78, 5) is 1.02. The Labute approximate surface area is 105 Å². The molecule has 2 aliphatic carbocycles. The molecule has 0 heterocycles. The van der Waals surface area contributed by atoms with Crippen LogP contribution >= 0.6 is 0 Å². The fourth-order valence-corrected chi connectivity index (χ4v) is 3.48. The summed E-state index contributed by atoms with van der Waals surface area (Å²) >= 11 is 0. The van der Waals surface area contributed by atoms with E-state index >= 15 is 0 Å². The van der Waals surface area contributed by atoms with E-state index in [0.717, 1.165) is 17.2 Å². The lowest BCUT2D eigenvalue weighted by molar-refractivity contribution is 0.672. The van der Waals surface area contributed by atoms with Crippen LogP contribution in [0.1, 0.15) is 30.4 Å². The zero-order valence-electron chi connectivity index (χ0n) is 10.1. The molecule has 0 spiro atoms. The molecular formula is C14H19NOS. The highest BCUT2D eigenvalue weighted by Gasteiger charge is 2.20. The first-order valence-electron chi connectivity index (χ1n) is 6.56. The summed E-state index contributed by atoms with van der Waals surface area (Å²) in [5.74, 6) is 0.745. The number of hydrogen-bond donors (Lipinski definition) is 1. The second kappa shape index (κ2) is 4.91. The highest BCUT2D eigenvalue weighted by molar-refractivity contribution is 7.85. The minimum Gasteiger partial charge on any atom is -0.313 e. The summed E-state index contributed by atoms with van der Waals surface area (Å²) in [6.45, 7) is 0.883. The van der Waals surface area contributed by atoms with Gasteiger partial charge in [-0.25, -0.2) is 0 Å². The van der Waals surface area contributed by atoms with Crippen molar-refractivity contribution in [3.8, 4) is 0 Å². The topological polar surface area (TPSA) is 29.1 Å². The van der Waals surface area contributed by atoms with E-state index in [4.69, 9.17) is 0 Å². The normalized spacial score (nSPS) is 20.2. The number of rotatable bonds is 5. The van der Waals surface area contributed by atoms with Crippen molar-refractivity contribution in [3.05, 3.63) is 29.3 Å². The van der Waals surface area contributed by atoms with Gasteiger partial charge in [0.2, 0.25) is 0 Å². The Hall–Kier alpha value is -0.670. The van der Waals surface area contributed by atoms with E-state index in [-0.39, 0.29) is 0 Å². The highest BCUT2D eigenvalue weighted by Crippen LogP contribution is 2.24. The lowest BCUT2D eigenvalue weighted by Crippen LogP contribution is -2.22. The van der Waals surface area contributed by atoms with Gasteiger partial charge in [0, 0.05) is 23.2 Å². The molecule has 0 aromatic heterocycles. The molecule has 0 amide bonds. The van der Waals surface area contributed by atoms with Gasteiger partial charge in [-0.05, 0) is 55.4 Å². The molecule has 0 aliphatic heterocycles. The molecule has 2 aliphatic rings. The first-order valence-corrected chi connectivity index (χ1v) is 7.88. The quantitative estimate of drug-likeness (QED) is 0.865. The third kappa shape index (κ3) is 2.78. The summed E-state index contributed by atoms with van der Waals surface area (Å²) in [6, 6.07) is 7.10. The standard InChI is InChI=1S/C14H19NOS/c16-17(9-8-15-13-5-6-13)14-7-4-11-2-1-3-12(11)10-14/h4,7,10,13,15H,1-3,5-6,8-9H2. The SMILES string of the molecule is O=S(CCNC1CC1)c1ccc2c(c1)CCC2. The smallest absolute Gasteiger partial charge is 0.0542 e. The van der Waals surface area contributed by atoms with E-state index in [1.807, 2.05) is 0 Å².